The smallest absolute Gasteiger partial charge is 0.250 e. The molecule has 2 rings (SSSR count). The fourth-order valence-electron chi connectivity index (χ4n) is 1.66. The van der Waals surface area contributed by atoms with E-state index in [0.29, 0.717) is 16.6 Å². The van der Waals surface area contributed by atoms with Crippen molar-refractivity contribution < 1.29 is 8.42 Å². The summed E-state index contributed by atoms with van der Waals surface area (Å²) in [6.45, 7) is 5.61. The molecule has 21 heavy (non-hydrogen) atoms. The number of sulfonamides is 1. The first kappa shape index (κ1) is 16.0. The van der Waals surface area contributed by atoms with Crippen LogP contribution in [0.1, 0.15) is 29.6 Å². The lowest BCUT2D eigenvalue weighted by molar-refractivity contribution is 0.581. The Balaban J connectivity index is 2.04. The maximum Gasteiger partial charge on any atom is 0.250 e. The average molecular weight is 330 g/mol. The summed E-state index contributed by atoms with van der Waals surface area (Å²) in [5.41, 5.74) is 0.975. The Morgan fingerprint density at radius 2 is 2.19 bits per heavy atom. The van der Waals surface area contributed by atoms with E-state index >= 15 is 0 Å². The van der Waals surface area contributed by atoms with Crippen molar-refractivity contribution in [2.75, 3.05) is 6.54 Å². The maximum absolute atomic E-state index is 12.2. The molecule has 3 N–H and O–H groups in total. The van der Waals surface area contributed by atoms with Gasteiger partial charge in [-0.2, -0.15) is 5.21 Å². The topological polar surface area (TPSA) is 113 Å². The summed E-state index contributed by atoms with van der Waals surface area (Å²) in [6, 6.07) is 1.69. The number of hydrogen-bond donors (Lipinski definition) is 3. The van der Waals surface area contributed by atoms with Crippen molar-refractivity contribution in [2.45, 2.75) is 37.6 Å². The van der Waals surface area contributed by atoms with Crippen LogP contribution in [0.25, 0.3) is 0 Å². The first-order chi connectivity index (χ1) is 10.0. The molecule has 0 unspecified atom stereocenters. The van der Waals surface area contributed by atoms with Crippen LogP contribution in [0.3, 0.4) is 0 Å². The Morgan fingerprint density at radius 3 is 2.86 bits per heavy atom. The fraction of sp³-hybridized carbons (Fsp3) is 0.545. The second-order valence-electron chi connectivity index (χ2n) is 4.50. The molecule has 0 saturated carbocycles. The summed E-state index contributed by atoms with van der Waals surface area (Å²) in [5.74, 6) is 0.302. The Hall–Kier alpha value is -1.36. The number of tetrazole rings is 1. The highest BCUT2D eigenvalue weighted by atomic mass is 32.2. The molecule has 2 aromatic heterocycles. The van der Waals surface area contributed by atoms with Gasteiger partial charge in [0.2, 0.25) is 10.0 Å². The number of nitrogens with one attached hydrogen (secondary N) is 3. The van der Waals surface area contributed by atoms with Gasteiger partial charge in [0.15, 0.2) is 5.82 Å². The highest BCUT2D eigenvalue weighted by molar-refractivity contribution is 7.91. The van der Waals surface area contributed by atoms with Gasteiger partial charge in [0.05, 0.1) is 6.54 Å². The molecule has 2 heterocycles. The van der Waals surface area contributed by atoms with Crippen LogP contribution in [0.4, 0.5) is 0 Å². The number of aryl methyl sites for hydroxylation is 1. The summed E-state index contributed by atoms with van der Waals surface area (Å²) in [7, 11) is -3.55. The number of aromatic amines is 1. The van der Waals surface area contributed by atoms with Crippen molar-refractivity contribution >= 4 is 21.4 Å². The highest BCUT2D eigenvalue weighted by Crippen LogP contribution is 2.25. The zero-order valence-corrected chi connectivity index (χ0v) is 13.5. The van der Waals surface area contributed by atoms with Crippen LogP contribution in [0.5, 0.6) is 0 Å². The lowest BCUT2D eigenvalue weighted by Crippen LogP contribution is -2.23. The zero-order valence-electron chi connectivity index (χ0n) is 11.9. The van der Waals surface area contributed by atoms with Crippen molar-refractivity contribution in [3.63, 3.8) is 0 Å². The molecule has 0 atom stereocenters. The van der Waals surface area contributed by atoms with Gasteiger partial charge in [-0.05, 0) is 31.5 Å². The second-order valence-corrected chi connectivity index (χ2v) is 7.63. The van der Waals surface area contributed by atoms with Crippen LogP contribution < -0.4 is 10.0 Å². The summed E-state index contributed by atoms with van der Waals surface area (Å²) in [6.07, 6.45) is 1.04. The van der Waals surface area contributed by atoms with E-state index in [4.69, 9.17) is 0 Å². The predicted molar refractivity (Wildman–Crippen MR) is 79.3 cm³/mol. The molecule has 0 radical (unpaired) electrons. The predicted octanol–water partition coefficient (Wildman–Crippen LogP) is 0.548. The number of rotatable bonds is 8. The lowest BCUT2D eigenvalue weighted by atomic mass is 10.3. The zero-order chi connectivity index (χ0) is 15.3. The standard InChI is InChI=1S/C11H18N6O2S2/c1-3-4-12-6-9-8(2)5-11(20-9)21(18,19)13-7-10-14-16-17-15-10/h5,12-13H,3-4,6-7H2,1-2H3,(H,14,15,16,17). The third-order valence-corrected chi connectivity index (χ3v) is 5.90. The molecule has 0 aliphatic heterocycles. The van der Waals surface area contributed by atoms with Gasteiger partial charge in [0, 0.05) is 11.4 Å². The molecule has 0 aliphatic carbocycles. The normalized spacial score (nSPS) is 11.9. The largest absolute Gasteiger partial charge is 0.312 e. The van der Waals surface area contributed by atoms with E-state index in [-0.39, 0.29) is 6.54 Å². The molecule has 0 fully saturated rings. The molecular weight excluding hydrogens is 312 g/mol. The Morgan fingerprint density at radius 1 is 1.38 bits per heavy atom. The molecular formula is C11H18N6O2S2. The number of hydrogen-bond acceptors (Lipinski definition) is 7. The molecule has 0 aliphatic rings. The van der Waals surface area contributed by atoms with Crippen molar-refractivity contribution in [2.24, 2.45) is 0 Å². The van der Waals surface area contributed by atoms with E-state index < -0.39 is 10.0 Å². The monoisotopic (exact) mass is 330 g/mol. The average Bonchev–Trinajstić information content (AvgIpc) is 3.07. The molecule has 0 bridgehead atoms. The summed E-state index contributed by atoms with van der Waals surface area (Å²) >= 11 is 1.28. The summed E-state index contributed by atoms with van der Waals surface area (Å²) in [4.78, 5) is 1.03. The van der Waals surface area contributed by atoms with Crippen LogP contribution in [0.15, 0.2) is 10.3 Å². The van der Waals surface area contributed by atoms with Crippen LogP contribution in [-0.4, -0.2) is 35.6 Å². The van der Waals surface area contributed by atoms with Gasteiger partial charge >= 0.3 is 0 Å². The van der Waals surface area contributed by atoms with E-state index in [0.717, 1.165) is 23.4 Å². The van der Waals surface area contributed by atoms with Crippen LogP contribution in [-0.2, 0) is 23.1 Å². The lowest BCUT2D eigenvalue weighted by Gasteiger charge is -2.02. The summed E-state index contributed by atoms with van der Waals surface area (Å²) in [5, 5.41) is 16.3. The van der Waals surface area contributed by atoms with Gasteiger partial charge in [-0.25, -0.2) is 13.1 Å². The SMILES string of the molecule is CCCNCc1sc(S(=O)(=O)NCc2nn[nH]n2)cc1C. The fourth-order valence-corrected chi connectivity index (χ4v) is 4.25. The quantitative estimate of drug-likeness (QED) is 0.609. The number of thiophene rings is 1. The van der Waals surface area contributed by atoms with E-state index in [1.54, 1.807) is 6.07 Å². The molecule has 10 heteroatoms. The maximum atomic E-state index is 12.2. The van der Waals surface area contributed by atoms with Gasteiger partial charge in [0.25, 0.3) is 0 Å². The second kappa shape index (κ2) is 7.07. The van der Waals surface area contributed by atoms with Crippen molar-refractivity contribution in [1.82, 2.24) is 30.7 Å². The highest BCUT2D eigenvalue weighted by Gasteiger charge is 2.19. The Kier molecular flexibility index (Phi) is 5.39. The van der Waals surface area contributed by atoms with Crippen LogP contribution in [0.2, 0.25) is 0 Å². The summed E-state index contributed by atoms with van der Waals surface area (Å²) < 4.78 is 27.2. The van der Waals surface area contributed by atoms with Crippen molar-refractivity contribution in [1.29, 1.82) is 0 Å². The Labute approximate surface area is 127 Å². The first-order valence-electron chi connectivity index (χ1n) is 6.55. The van der Waals surface area contributed by atoms with Crippen LogP contribution in [0, 0.1) is 6.92 Å². The third-order valence-electron chi connectivity index (χ3n) is 2.78. The van der Waals surface area contributed by atoms with Crippen molar-refractivity contribution in [3.05, 3.63) is 22.3 Å². The molecule has 8 nitrogen and oxygen atoms in total. The molecule has 0 aromatic carbocycles. The van der Waals surface area contributed by atoms with Gasteiger partial charge in [-0.3, -0.25) is 0 Å². The van der Waals surface area contributed by atoms with E-state index in [1.807, 2.05) is 6.92 Å². The molecule has 0 amide bonds. The van der Waals surface area contributed by atoms with E-state index in [9.17, 15) is 8.42 Å². The minimum absolute atomic E-state index is 0.0131. The molecule has 0 saturated heterocycles. The van der Waals surface area contributed by atoms with Crippen molar-refractivity contribution in [3.8, 4) is 0 Å². The third kappa shape index (κ3) is 4.30. The van der Waals surface area contributed by atoms with Gasteiger partial charge in [-0.1, -0.05) is 12.1 Å². The van der Waals surface area contributed by atoms with Gasteiger partial charge in [0.1, 0.15) is 4.21 Å². The van der Waals surface area contributed by atoms with E-state index in [1.165, 1.54) is 11.3 Å². The minimum Gasteiger partial charge on any atom is -0.312 e. The first-order valence-corrected chi connectivity index (χ1v) is 8.85. The minimum atomic E-state index is -3.55. The van der Waals surface area contributed by atoms with Crippen LogP contribution >= 0.6 is 11.3 Å². The number of nitrogens with zero attached hydrogens (tertiary/aromatic N) is 3. The van der Waals surface area contributed by atoms with Gasteiger partial charge in [-0.15, -0.1) is 21.5 Å². The number of aromatic nitrogens is 4. The Bertz CT molecular complexity index is 665. The van der Waals surface area contributed by atoms with E-state index in [2.05, 4.69) is 37.6 Å². The molecule has 0 spiro atoms. The number of H-pyrrole nitrogens is 1. The molecule has 2 aromatic rings. The molecule has 116 valence electrons. The van der Waals surface area contributed by atoms with Gasteiger partial charge < -0.3 is 5.32 Å².